The van der Waals surface area contributed by atoms with Gasteiger partial charge in [-0.2, -0.15) is 0 Å². The summed E-state index contributed by atoms with van der Waals surface area (Å²) in [7, 11) is 2.13. The molecule has 2 nitrogen and oxygen atoms in total. The van der Waals surface area contributed by atoms with E-state index in [1.54, 1.807) is 11.8 Å². The van der Waals surface area contributed by atoms with Crippen LogP contribution in [0.5, 0.6) is 5.75 Å². The topological polar surface area (TPSA) is 12.5 Å². The first-order chi connectivity index (χ1) is 10.8. The number of benzene rings is 1. The number of thioether (sulfide) groups is 1. The Morgan fingerprint density at radius 1 is 1.48 bits per heavy atom. The average Bonchev–Trinajstić information content (AvgIpc) is 2.51. The molecule has 0 saturated carbocycles. The summed E-state index contributed by atoms with van der Waals surface area (Å²) in [5, 5.41) is 0. The van der Waals surface area contributed by atoms with Crippen LogP contribution in [0.25, 0.3) is 4.91 Å². The molecule has 0 atom stereocenters. The van der Waals surface area contributed by atoms with Gasteiger partial charge in [0.15, 0.2) is 0 Å². The molecule has 1 aromatic rings. The third kappa shape index (κ3) is 4.67. The van der Waals surface area contributed by atoms with E-state index in [0.29, 0.717) is 6.61 Å². The Kier molecular flexibility index (Phi) is 5.62. The van der Waals surface area contributed by atoms with E-state index in [1.807, 2.05) is 25.1 Å². The zero-order valence-electron chi connectivity index (χ0n) is 14.5. The van der Waals surface area contributed by atoms with Crippen LogP contribution in [0.1, 0.15) is 31.9 Å². The van der Waals surface area contributed by atoms with Crippen LogP contribution < -0.4 is 4.74 Å². The lowest BCUT2D eigenvalue weighted by Crippen LogP contribution is -2.55. The van der Waals surface area contributed by atoms with Crippen LogP contribution in [0, 0.1) is 17.8 Å². The lowest BCUT2D eigenvalue weighted by Gasteiger charge is -2.45. The molecule has 1 aromatic carbocycles. The van der Waals surface area contributed by atoms with Crippen molar-refractivity contribution < 1.29 is 4.74 Å². The lowest BCUT2D eigenvalue weighted by atomic mass is 9.83. The fraction of sp³-hybridized carbons (Fsp3) is 0.400. The lowest BCUT2D eigenvalue weighted by molar-refractivity contribution is -0.00137. The van der Waals surface area contributed by atoms with Crippen LogP contribution in [0.15, 0.2) is 35.8 Å². The number of rotatable bonds is 6. The molecule has 0 spiro atoms. The van der Waals surface area contributed by atoms with Gasteiger partial charge in [-0.1, -0.05) is 37.3 Å². The smallest absolute Gasteiger partial charge is 0.121 e. The minimum atomic E-state index is 0.231. The summed E-state index contributed by atoms with van der Waals surface area (Å²) in [6, 6.07) is 5.95. The molecule has 1 saturated heterocycles. The van der Waals surface area contributed by atoms with E-state index in [1.165, 1.54) is 4.91 Å². The second-order valence-electron chi connectivity index (χ2n) is 6.59. The van der Waals surface area contributed by atoms with Crippen molar-refractivity contribution in [3.63, 3.8) is 0 Å². The second-order valence-corrected chi connectivity index (χ2v) is 7.93. The molecule has 1 heterocycles. The first kappa shape index (κ1) is 17.7. The Morgan fingerprint density at radius 2 is 2.17 bits per heavy atom. The van der Waals surface area contributed by atoms with Crippen molar-refractivity contribution in [2.24, 2.45) is 5.41 Å². The number of allylic oxidation sites excluding steroid dienone is 2. The molecule has 0 amide bonds. The van der Waals surface area contributed by atoms with E-state index < -0.39 is 0 Å². The van der Waals surface area contributed by atoms with Crippen molar-refractivity contribution in [1.29, 1.82) is 0 Å². The summed E-state index contributed by atoms with van der Waals surface area (Å²) in [6.45, 7) is 13.4. The maximum atomic E-state index is 6.04. The number of terminal acetylenes is 1. The Balaban J connectivity index is 2.12. The summed E-state index contributed by atoms with van der Waals surface area (Å²) in [4.78, 5) is 4.50. The summed E-state index contributed by atoms with van der Waals surface area (Å²) in [5.74, 6) is 3.53. The van der Waals surface area contributed by atoms with Crippen LogP contribution in [-0.2, 0) is 0 Å². The summed E-state index contributed by atoms with van der Waals surface area (Å²) in [6.07, 6.45) is 7.67. The molecule has 0 unspecified atom stereocenters. The Bertz CT molecular complexity index is 663. The molecule has 0 bridgehead atoms. The quantitative estimate of drug-likeness (QED) is 0.707. The highest BCUT2D eigenvalue weighted by Gasteiger charge is 2.37. The number of hydrogen-bond acceptors (Lipinski definition) is 3. The highest BCUT2D eigenvalue weighted by molar-refractivity contribution is 8.11. The van der Waals surface area contributed by atoms with E-state index in [2.05, 4.69) is 44.4 Å². The maximum Gasteiger partial charge on any atom is 0.121 e. The first-order valence-electron chi connectivity index (χ1n) is 7.78. The van der Waals surface area contributed by atoms with Gasteiger partial charge in [0, 0.05) is 29.0 Å². The average molecular weight is 327 g/mol. The first-order valence-corrected chi connectivity index (χ1v) is 8.60. The van der Waals surface area contributed by atoms with Gasteiger partial charge in [-0.25, -0.2) is 0 Å². The van der Waals surface area contributed by atoms with E-state index in [0.717, 1.165) is 34.9 Å². The monoisotopic (exact) mass is 327 g/mol. The Morgan fingerprint density at radius 3 is 2.74 bits per heavy atom. The van der Waals surface area contributed by atoms with Gasteiger partial charge >= 0.3 is 0 Å². The van der Waals surface area contributed by atoms with Crippen LogP contribution in [0.3, 0.4) is 0 Å². The molecule has 0 aromatic heterocycles. The molecule has 1 fully saturated rings. The van der Waals surface area contributed by atoms with Gasteiger partial charge in [0.2, 0.25) is 0 Å². The third-order valence-electron chi connectivity index (χ3n) is 3.98. The normalized spacial score (nSPS) is 17.3. The molecular weight excluding hydrogens is 302 g/mol. The van der Waals surface area contributed by atoms with Gasteiger partial charge in [-0.05, 0) is 49.6 Å². The van der Waals surface area contributed by atoms with Crippen LogP contribution in [-0.4, -0.2) is 31.6 Å². The van der Waals surface area contributed by atoms with Gasteiger partial charge in [0.25, 0.3) is 0 Å². The fourth-order valence-corrected chi connectivity index (χ4v) is 3.59. The molecule has 23 heavy (non-hydrogen) atoms. The Labute approximate surface area is 144 Å². The van der Waals surface area contributed by atoms with Gasteiger partial charge in [-0.3, -0.25) is 0 Å². The van der Waals surface area contributed by atoms with Gasteiger partial charge in [-0.15, -0.1) is 6.42 Å². The second kappa shape index (κ2) is 7.29. The molecule has 0 radical (unpaired) electrons. The maximum absolute atomic E-state index is 6.04. The van der Waals surface area contributed by atoms with Crippen LogP contribution in [0.4, 0.5) is 0 Å². The summed E-state index contributed by atoms with van der Waals surface area (Å²) >= 11 is 1.66. The zero-order chi connectivity index (χ0) is 17.0. The van der Waals surface area contributed by atoms with E-state index >= 15 is 0 Å². The number of ether oxygens (including phenoxy) is 1. The molecule has 1 aliphatic heterocycles. The van der Waals surface area contributed by atoms with Crippen molar-refractivity contribution in [1.82, 2.24) is 4.90 Å². The number of nitrogens with zero attached hydrogens (tertiary/aromatic N) is 1. The predicted molar refractivity (Wildman–Crippen MR) is 102 cm³/mol. The zero-order valence-corrected chi connectivity index (χ0v) is 15.3. The van der Waals surface area contributed by atoms with Crippen molar-refractivity contribution >= 4 is 16.7 Å². The minimum Gasteiger partial charge on any atom is -0.493 e. The van der Waals surface area contributed by atoms with E-state index in [9.17, 15) is 0 Å². The van der Waals surface area contributed by atoms with Gasteiger partial charge in [0.05, 0.1) is 6.61 Å². The predicted octanol–water partition coefficient (Wildman–Crippen LogP) is 4.63. The van der Waals surface area contributed by atoms with Crippen molar-refractivity contribution in [3.8, 4) is 18.1 Å². The van der Waals surface area contributed by atoms with Gasteiger partial charge < -0.3 is 9.64 Å². The van der Waals surface area contributed by atoms with Crippen LogP contribution in [0.2, 0.25) is 0 Å². The van der Waals surface area contributed by atoms with Crippen molar-refractivity contribution in [3.05, 3.63) is 46.9 Å². The summed E-state index contributed by atoms with van der Waals surface area (Å²) < 4.78 is 6.04. The summed E-state index contributed by atoms with van der Waals surface area (Å²) in [5.41, 5.74) is 2.08. The molecule has 2 rings (SSSR count). The molecule has 1 aliphatic rings. The molecule has 0 N–H and O–H groups in total. The molecule has 3 heteroatoms. The number of likely N-dealkylation sites (tertiary alicyclic amines) is 1. The SMILES string of the molecule is C#Cc1cc(OCC2(C)CN(C)C2)cc(C(=C)S/C(C)=C\C)c1. The molecule has 122 valence electrons. The number of hydrogen-bond donors (Lipinski definition) is 0. The van der Waals surface area contributed by atoms with Gasteiger partial charge in [0.1, 0.15) is 5.75 Å². The fourth-order valence-electron chi connectivity index (χ4n) is 2.84. The highest BCUT2D eigenvalue weighted by Crippen LogP contribution is 2.35. The standard InChI is InChI=1S/C20H25NOS/c1-7-15(3)23-16(4)18-9-17(8-2)10-19(11-18)22-14-20(5)12-21(6)13-20/h2,7,9-11H,4,12-14H2,1,3,5-6H3/b15-7-. The van der Waals surface area contributed by atoms with E-state index in [4.69, 9.17) is 11.2 Å². The Hall–Kier alpha value is -1.63. The highest BCUT2D eigenvalue weighted by atomic mass is 32.2. The molecular formula is C20H25NOS. The van der Waals surface area contributed by atoms with E-state index in [-0.39, 0.29) is 5.41 Å². The van der Waals surface area contributed by atoms with Crippen molar-refractivity contribution in [2.45, 2.75) is 20.8 Å². The van der Waals surface area contributed by atoms with Crippen LogP contribution >= 0.6 is 11.8 Å². The van der Waals surface area contributed by atoms with Crippen molar-refractivity contribution in [2.75, 3.05) is 26.7 Å². The third-order valence-corrected chi connectivity index (χ3v) is 5.02. The largest absolute Gasteiger partial charge is 0.493 e. The minimum absolute atomic E-state index is 0.231. The molecule has 0 aliphatic carbocycles.